The van der Waals surface area contributed by atoms with Crippen LogP contribution in [-0.2, 0) is 9.53 Å². The summed E-state index contributed by atoms with van der Waals surface area (Å²) in [5.41, 5.74) is 2.91. The van der Waals surface area contributed by atoms with Gasteiger partial charge in [0.05, 0.1) is 12.3 Å². The lowest BCUT2D eigenvalue weighted by molar-refractivity contribution is -0.124. The molecule has 4 aromatic rings. The maximum absolute atomic E-state index is 13.7. The molecule has 1 saturated carbocycles. The van der Waals surface area contributed by atoms with Crippen LogP contribution < -0.4 is 4.90 Å². The van der Waals surface area contributed by atoms with Crippen LogP contribution in [0.5, 0.6) is 0 Å². The molecular formula is C29H33N5O3S. The lowest BCUT2D eigenvalue weighted by atomic mass is 9.82. The van der Waals surface area contributed by atoms with Gasteiger partial charge in [-0.3, -0.25) is 9.69 Å². The van der Waals surface area contributed by atoms with Gasteiger partial charge in [0.25, 0.3) is 0 Å². The van der Waals surface area contributed by atoms with Crippen LogP contribution in [0.2, 0.25) is 0 Å². The molecule has 1 aromatic carbocycles. The van der Waals surface area contributed by atoms with Gasteiger partial charge in [-0.05, 0) is 88.8 Å². The van der Waals surface area contributed by atoms with E-state index in [1.165, 1.54) is 0 Å². The zero-order valence-electron chi connectivity index (χ0n) is 22.3. The number of amides is 1. The van der Waals surface area contributed by atoms with Gasteiger partial charge in [-0.25, -0.2) is 19.4 Å². The van der Waals surface area contributed by atoms with Crippen LogP contribution in [0.4, 0.5) is 5.82 Å². The van der Waals surface area contributed by atoms with Crippen molar-refractivity contribution < 1.29 is 14.3 Å². The van der Waals surface area contributed by atoms with Crippen LogP contribution >= 0.6 is 11.3 Å². The Morgan fingerprint density at radius 2 is 1.87 bits per heavy atom. The molecule has 1 amide bonds. The highest BCUT2D eigenvalue weighted by molar-refractivity contribution is 7.21. The summed E-state index contributed by atoms with van der Waals surface area (Å²) < 4.78 is 7.00. The van der Waals surface area contributed by atoms with Crippen molar-refractivity contribution in [3.05, 3.63) is 54.4 Å². The molecule has 1 fully saturated rings. The maximum atomic E-state index is 13.7. The number of aromatic nitrogens is 4. The fourth-order valence-electron chi connectivity index (χ4n) is 4.99. The number of hydrogen-bond donors (Lipinski definition) is 0. The van der Waals surface area contributed by atoms with Crippen molar-refractivity contribution in [3.8, 4) is 16.3 Å². The number of carbonyl (C=O) groups is 2. The molecule has 8 nitrogen and oxygen atoms in total. The molecule has 0 radical (unpaired) electrons. The highest BCUT2D eigenvalue weighted by Crippen LogP contribution is 2.33. The summed E-state index contributed by atoms with van der Waals surface area (Å²) in [6.07, 6.45) is 7.24. The summed E-state index contributed by atoms with van der Waals surface area (Å²) >= 11 is 1.54. The standard InChI is InChI=1S/C29H33N5O3S/c1-5-37-29(36)23-17-33(32-25(23)34(18(2)3)28(35)21-10-8-19(4)9-11-21)22-14-12-20(13-15-22)26-31-24-7-6-16-30-27(24)38-26/h6-7,12-19,21H,5,8-11H2,1-4H3/t19-,21-. The highest BCUT2D eigenvalue weighted by atomic mass is 32.1. The number of esters is 1. The minimum atomic E-state index is -0.483. The largest absolute Gasteiger partial charge is 0.462 e. The first kappa shape index (κ1) is 26.0. The van der Waals surface area contributed by atoms with Crippen LogP contribution in [0, 0.1) is 11.8 Å². The van der Waals surface area contributed by atoms with Crippen molar-refractivity contribution in [3.63, 3.8) is 0 Å². The maximum Gasteiger partial charge on any atom is 0.343 e. The van der Waals surface area contributed by atoms with Gasteiger partial charge in [-0.1, -0.05) is 18.3 Å². The summed E-state index contributed by atoms with van der Waals surface area (Å²) in [6.45, 7) is 8.16. The number of hydrogen-bond acceptors (Lipinski definition) is 7. The lowest BCUT2D eigenvalue weighted by Crippen LogP contribution is -2.43. The molecule has 5 rings (SSSR count). The van der Waals surface area contributed by atoms with Crippen LogP contribution in [-0.4, -0.2) is 44.3 Å². The Balaban J connectivity index is 1.48. The van der Waals surface area contributed by atoms with Gasteiger partial charge in [0.15, 0.2) is 5.82 Å². The molecule has 0 atom stereocenters. The zero-order chi connectivity index (χ0) is 26.8. The summed E-state index contributed by atoms with van der Waals surface area (Å²) in [5.74, 6) is 0.480. The number of fused-ring (bicyclic) bond motifs is 1. The van der Waals surface area contributed by atoms with Crippen LogP contribution in [0.15, 0.2) is 48.8 Å². The predicted octanol–water partition coefficient (Wildman–Crippen LogP) is 6.29. The van der Waals surface area contributed by atoms with Crippen LogP contribution in [0.25, 0.3) is 26.6 Å². The van der Waals surface area contributed by atoms with Crippen molar-refractivity contribution >= 4 is 39.4 Å². The molecule has 198 valence electrons. The number of thiazole rings is 1. The van der Waals surface area contributed by atoms with E-state index in [1.54, 1.807) is 40.2 Å². The molecule has 1 aliphatic carbocycles. The van der Waals surface area contributed by atoms with Crippen LogP contribution in [0.3, 0.4) is 0 Å². The number of rotatable bonds is 7. The highest BCUT2D eigenvalue weighted by Gasteiger charge is 2.34. The second-order valence-corrected chi connectivity index (χ2v) is 11.2. The topological polar surface area (TPSA) is 90.2 Å². The van der Waals surface area contributed by atoms with E-state index >= 15 is 0 Å². The molecule has 1 aliphatic rings. The van der Waals surface area contributed by atoms with Crippen molar-refractivity contribution in [1.29, 1.82) is 0 Å². The Hall–Kier alpha value is -3.59. The van der Waals surface area contributed by atoms with E-state index in [2.05, 4.69) is 16.9 Å². The Morgan fingerprint density at radius 3 is 2.53 bits per heavy atom. The Bertz CT molecular complexity index is 1400. The SMILES string of the molecule is CCOC(=O)c1cn(-c2ccc(-c3nc4cccnc4s3)cc2)nc1N(C(=O)[C@H]1CC[C@H](C)CC1)C(C)C. The van der Waals surface area contributed by atoms with Gasteiger partial charge in [0.2, 0.25) is 5.91 Å². The number of benzene rings is 1. The van der Waals surface area contributed by atoms with E-state index in [-0.39, 0.29) is 24.5 Å². The molecule has 0 N–H and O–H groups in total. The van der Waals surface area contributed by atoms with Crippen molar-refractivity contribution in [2.75, 3.05) is 11.5 Å². The quantitative estimate of drug-likeness (QED) is 0.260. The van der Waals surface area contributed by atoms with E-state index in [1.807, 2.05) is 50.2 Å². The molecular weight excluding hydrogens is 498 g/mol. The van der Waals surface area contributed by atoms with Gasteiger partial charge in [0, 0.05) is 29.9 Å². The van der Waals surface area contributed by atoms with Crippen LogP contribution in [0.1, 0.15) is 63.7 Å². The summed E-state index contributed by atoms with van der Waals surface area (Å²) in [4.78, 5) is 38.3. The second-order valence-electron chi connectivity index (χ2n) is 10.2. The predicted molar refractivity (Wildman–Crippen MR) is 150 cm³/mol. The Morgan fingerprint density at radius 1 is 1.13 bits per heavy atom. The first-order chi connectivity index (χ1) is 18.4. The third kappa shape index (κ3) is 5.20. The van der Waals surface area contributed by atoms with Crippen molar-refractivity contribution in [2.45, 2.75) is 59.4 Å². The average molecular weight is 532 g/mol. The smallest absolute Gasteiger partial charge is 0.343 e. The van der Waals surface area contributed by atoms with E-state index < -0.39 is 5.97 Å². The third-order valence-corrected chi connectivity index (χ3v) is 8.11. The fourth-order valence-corrected chi connectivity index (χ4v) is 5.90. The van der Waals surface area contributed by atoms with Crippen molar-refractivity contribution in [1.82, 2.24) is 19.7 Å². The fraction of sp³-hybridized carbons (Fsp3) is 0.414. The number of carbonyl (C=O) groups excluding carboxylic acids is 2. The first-order valence-corrected chi connectivity index (χ1v) is 14.1. The Kier molecular flexibility index (Phi) is 7.56. The molecule has 3 heterocycles. The molecule has 0 unspecified atom stereocenters. The first-order valence-electron chi connectivity index (χ1n) is 13.3. The summed E-state index contributed by atoms with van der Waals surface area (Å²) in [7, 11) is 0. The summed E-state index contributed by atoms with van der Waals surface area (Å²) in [5, 5.41) is 5.66. The average Bonchev–Trinajstić information content (AvgIpc) is 3.54. The van der Waals surface area contributed by atoms with E-state index in [9.17, 15) is 9.59 Å². The molecule has 38 heavy (non-hydrogen) atoms. The third-order valence-electron chi connectivity index (χ3n) is 7.08. The monoisotopic (exact) mass is 531 g/mol. The molecule has 3 aromatic heterocycles. The lowest BCUT2D eigenvalue weighted by Gasteiger charge is -2.32. The molecule has 0 spiro atoms. The minimum absolute atomic E-state index is 0.0301. The number of anilines is 1. The number of pyridine rings is 1. The van der Waals surface area contributed by atoms with Crippen molar-refractivity contribution in [2.24, 2.45) is 11.8 Å². The van der Waals surface area contributed by atoms with E-state index in [0.29, 0.717) is 17.3 Å². The molecule has 0 bridgehead atoms. The zero-order valence-corrected chi connectivity index (χ0v) is 23.1. The Labute approximate surface area is 226 Å². The minimum Gasteiger partial charge on any atom is -0.462 e. The summed E-state index contributed by atoms with van der Waals surface area (Å²) in [6, 6.07) is 11.5. The van der Waals surface area contributed by atoms with Gasteiger partial charge < -0.3 is 4.74 Å². The number of ether oxygens (including phenoxy) is 1. The molecule has 0 saturated heterocycles. The molecule has 0 aliphatic heterocycles. The number of nitrogens with zero attached hydrogens (tertiary/aromatic N) is 5. The normalized spacial score (nSPS) is 17.6. The molecule has 9 heteroatoms. The van der Waals surface area contributed by atoms with E-state index in [4.69, 9.17) is 9.84 Å². The van der Waals surface area contributed by atoms with Gasteiger partial charge in [0.1, 0.15) is 20.9 Å². The second kappa shape index (κ2) is 11.0. The van der Waals surface area contributed by atoms with Gasteiger partial charge in [-0.15, -0.1) is 5.10 Å². The van der Waals surface area contributed by atoms with Gasteiger partial charge >= 0.3 is 5.97 Å². The van der Waals surface area contributed by atoms with Gasteiger partial charge in [-0.2, -0.15) is 0 Å². The van der Waals surface area contributed by atoms with E-state index in [0.717, 1.165) is 52.3 Å².